The van der Waals surface area contributed by atoms with Crippen LogP contribution in [-0.2, 0) is 0 Å². The van der Waals surface area contributed by atoms with E-state index >= 15 is 0 Å². The fraction of sp³-hybridized carbons (Fsp3) is 0.615. The van der Waals surface area contributed by atoms with Crippen LogP contribution in [0.15, 0.2) is 16.7 Å². The standard InChI is InChI=1S/C13H19BrN4O2/c1-2-6-17(11-4-3-5-15-9-11)13-12(18(19)20)7-10(14)8-16-13/h7-8,11,15H,2-6,9H2,1H3. The summed E-state index contributed by atoms with van der Waals surface area (Å²) in [6.07, 6.45) is 4.70. The van der Waals surface area contributed by atoms with E-state index in [1.165, 1.54) is 6.07 Å². The molecular weight excluding hydrogens is 324 g/mol. The van der Waals surface area contributed by atoms with Crippen molar-refractivity contribution in [1.82, 2.24) is 10.3 Å². The van der Waals surface area contributed by atoms with Crippen LogP contribution in [-0.4, -0.2) is 35.6 Å². The van der Waals surface area contributed by atoms with Gasteiger partial charge in [0, 0.05) is 35.9 Å². The normalized spacial score (nSPS) is 18.8. The van der Waals surface area contributed by atoms with Gasteiger partial charge in [-0.1, -0.05) is 6.92 Å². The zero-order valence-electron chi connectivity index (χ0n) is 11.5. The molecule has 0 spiro atoms. The SMILES string of the molecule is CCCN(c1ncc(Br)cc1[N+](=O)[O-])C1CCCNC1. The molecule has 1 aliphatic heterocycles. The van der Waals surface area contributed by atoms with Crippen LogP contribution in [0.1, 0.15) is 26.2 Å². The van der Waals surface area contributed by atoms with Gasteiger partial charge in [0.2, 0.25) is 5.82 Å². The molecule has 1 fully saturated rings. The molecule has 2 rings (SSSR count). The molecule has 1 aromatic rings. The van der Waals surface area contributed by atoms with Gasteiger partial charge in [-0.2, -0.15) is 0 Å². The Labute approximate surface area is 126 Å². The van der Waals surface area contributed by atoms with Crippen molar-refractivity contribution in [3.05, 3.63) is 26.9 Å². The molecule has 1 N–H and O–H groups in total. The van der Waals surface area contributed by atoms with Crippen molar-refractivity contribution in [2.24, 2.45) is 0 Å². The number of aromatic nitrogens is 1. The van der Waals surface area contributed by atoms with Gasteiger partial charge in [-0.15, -0.1) is 0 Å². The number of nitro groups is 1. The van der Waals surface area contributed by atoms with Gasteiger partial charge in [0.15, 0.2) is 0 Å². The number of nitrogens with zero attached hydrogens (tertiary/aromatic N) is 3. The fourth-order valence-corrected chi connectivity index (χ4v) is 2.90. The predicted octanol–water partition coefficient (Wildman–Crippen LogP) is 2.72. The van der Waals surface area contributed by atoms with Crippen LogP contribution in [0.2, 0.25) is 0 Å². The lowest BCUT2D eigenvalue weighted by Crippen LogP contribution is -2.47. The lowest BCUT2D eigenvalue weighted by Gasteiger charge is -2.35. The van der Waals surface area contributed by atoms with Crippen molar-refractivity contribution < 1.29 is 4.92 Å². The van der Waals surface area contributed by atoms with Crippen LogP contribution < -0.4 is 10.2 Å². The summed E-state index contributed by atoms with van der Waals surface area (Å²) in [7, 11) is 0. The maximum absolute atomic E-state index is 11.3. The molecule has 1 aliphatic rings. The van der Waals surface area contributed by atoms with E-state index in [0.717, 1.165) is 38.9 Å². The third kappa shape index (κ3) is 3.46. The summed E-state index contributed by atoms with van der Waals surface area (Å²) < 4.78 is 0.631. The van der Waals surface area contributed by atoms with Crippen LogP contribution in [0.5, 0.6) is 0 Å². The highest BCUT2D eigenvalue weighted by Crippen LogP contribution is 2.31. The lowest BCUT2D eigenvalue weighted by molar-refractivity contribution is -0.384. The van der Waals surface area contributed by atoms with Gasteiger partial charge in [0.1, 0.15) is 0 Å². The van der Waals surface area contributed by atoms with Gasteiger partial charge in [-0.05, 0) is 41.7 Å². The van der Waals surface area contributed by atoms with E-state index in [-0.39, 0.29) is 16.7 Å². The minimum atomic E-state index is -0.355. The maximum Gasteiger partial charge on any atom is 0.312 e. The summed E-state index contributed by atoms with van der Waals surface area (Å²) in [5.74, 6) is 0.480. The first-order valence-corrected chi connectivity index (χ1v) is 7.70. The third-order valence-corrected chi connectivity index (χ3v) is 3.89. The van der Waals surface area contributed by atoms with Gasteiger partial charge in [0.05, 0.1) is 4.92 Å². The molecule has 0 radical (unpaired) electrons. The summed E-state index contributed by atoms with van der Waals surface area (Å²) in [5.41, 5.74) is 0.0680. The molecule has 6 nitrogen and oxygen atoms in total. The highest BCUT2D eigenvalue weighted by atomic mass is 79.9. The molecule has 0 bridgehead atoms. The van der Waals surface area contributed by atoms with Gasteiger partial charge >= 0.3 is 5.69 Å². The average Bonchev–Trinajstić information content (AvgIpc) is 2.46. The highest BCUT2D eigenvalue weighted by Gasteiger charge is 2.27. The van der Waals surface area contributed by atoms with E-state index in [4.69, 9.17) is 0 Å². The van der Waals surface area contributed by atoms with Crippen LogP contribution >= 0.6 is 15.9 Å². The Morgan fingerprint density at radius 3 is 3.05 bits per heavy atom. The minimum Gasteiger partial charge on any atom is -0.347 e. The summed E-state index contributed by atoms with van der Waals surface area (Å²) >= 11 is 3.25. The molecule has 0 amide bonds. The highest BCUT2D eigenvalue weighted by molar-refractivity contribution is 9.10. The Balaban J connectivity index is 2.35. The van der Waals surface area contributed by atoms with Crippen molar-refractivity contribution in [3.63, 3.8) is 0 Å². The van der Waals surface area contributed by atoms with Crippen molar-refractivity contribution >= 4 is 27.4 Å². The molecule has 1 aromatic heterocycles. The van der Waals surface area contributed by atoms with Gasteiger partial charge in [0.25, 0.3) is 0 Å². The Morgan fingerprint density at radius 1 is 1.65 bits per heavy atom. The molecule has 1 atom stereocenters. The van der Waals surface area contributed by atoms with Crippen molar-refractivity contribution in [1.29, 1.82) is 0 Å². The number of halogens is 1. The number of pyridine rings is 1. The quantitative estimate of drug-likeness (QED) is 0.657. The molecule has 0 aliphatic carbocycles. The van der Waals surface area contributed by atoms with E-state index in [1.807, 2.05) is 0 Å². The summed E-state index contributed by atoms with van der Waals surface area (Å²) in [5, 5.41) is 14.6. The first kappa shape index (κ1) is 15.2. The van der Waals surface area contributed by atoms with Gasteiger partial charge in [-0.3, -0.25) is 10.1 Å². The molecule has 1 unspecified atom stereocenters. The number of nitrogens with one attached hydrogen (secondary N) is 1. The van der Waals surface area contributed by atoms with E-state index in [9.17, 15) is 10.1 Å². The average molecular weight is 343 g/mol. The van der Waals surface area contributed by atoms with Crippen LogP contribution in [0.25, 0.3) is 0 Å². The second-order valence-corrected chi connectivity index (χ2v) is 5.86. The van der Waals surface area contributed by atoms with E-state index in [0.29, 0.717) is 10.3 Å². The Morgan fingerprint density at radius 2 is 2.45 bits per heavy atom. The molecule has 1 saturated heterocycles. The fourth-order valence-electron chi connectivity index (χ4n) is 2.58. The Bertz CT molecular complexity index is 477. The molecule has 110 valence electrons. The second kappa shape index (κ2) is 6.99. The number of rotatable bonds is 5. The van der Waals surface area contributed by atoms with Crippen LogP contribution in [0.4, 0.5) is 11.5 Å². The zero-order valence-corrected chi connectivity index (χ0v) is 13.1. The smallest absolute Gasteiger partial charge is 0.312 e. The monoisotopic (exact) mass is 342 g/mol. The van der Waals surface area contributed by atoms with Crippen molar-refractivity contribution in [2.45, 2.75) is 32.2 Å². The number of hydrogen-bond acceptors (Lipinski definition) is 5. The van der Waals surface area contributed by atoms with Crippen molar-refractivity contribution in [2.75, 3.05) is 24.5 Å². The number of piperidine rings is 1. The predicted molar refractivity (Wildman–Crippen MR) is 82.1 cm³/mol. The van der Waals surface area contributed by atoms with E-state index in [2.05, 4.69) is 38.1 Å². The summed E-state index contributed by atoms with van der Waals surface area (Å²) in [6.45, 7) is 4.73. The summed E-state index contributed by atoms with van der Waals surface area (Å²) in [4.78, 5) is 17.3. The Hall–Kier alpha value is -1.21. The number of hydrogen-bond donors (Lipinski definition) is 1. The first-order valence-electron chi connectivity index (χ1n) is 6.90. The molecule has 7 heteroatoms. The molecule has 20 heavy (non-hydrogen) atoms. The van der Waals surface area contributed by atoms with Gasteiger partial charge in [-0.25, -0.2) is 4.98 Å². The van der Waals surface area contributed by atoms with E-state index < -0.39 is 0 Å². The molecule has 2 heterocycles. The third-order valence-electron chi connectivity index (χ3n) is 3.46. The van der Waals surface area contributed by atoms with Crippen LogP contribution in [0, 0.1) is 10.1 Å². The number of anilines is 1. The Kier molecular flexibility index (Phi) is 5.31. The molecule has 0 saturated carbocycles. The zero-order chi connectivity index (χ0) is 14.5. The van der Waals surface area contributed by atoms with Gasteiger partial charge < -0.3 is 10.2 Å². The molecular formula is C13H19BrN4O2. The topological polar surface area (TPSA) is 71.3 Å². The lowest BCUT2D eigenvalue weighted by atomic mass is 10.1. The first-order chi connectivity index (χ1) is 9.63. The second-order valence-electron chi connectivity index (χ2n) is 4.95. The summed E-state index contributed by atoms with van der Waals surface area (Å²) in [6, 6.07) is 1.80. The maximum atomic E-state index is 11.3. The largest absolute Gasteiger partial charge is 0.347 e. The van der Waals surface area contributed by atoms with E-state index in [1.54, 1.807) is 6.20 Å². The minimum absolute atomic E-state index is 0.0680. The molecule has 0 aromatic carbocycles. The van der Waals surface area contributed by atoms with Crippen molar-refractivity contribution in [3.8, 4) is 0 Å². The van der Waals surface area contributed by atoms with Crippen LogP contribution in [0.3, 0.4) is 0 Å².